The molecule has 0 radical (unpaired) electrons. The van der Waals surface area contributed by atoms with Crippen LogP contribution in [0.1, 0.15) is 21.5 Å². The van der Waals surface area contributed by atoms with Crippen molar-refractivity contribution >= 4 is 28.9 Å². The van der Waals surface area contributed by atoms with Gasteiger partial charge in [-0.15, -0.1) is 0 Å². The lowest BCUT2D eigenvalue weighted by Gasteiger charge is -2.16. The van der Waals surface area contributed by atoms with Crippen molar-refractivity contribution in [3.05, 3.63) is 65.2 Å². The zero-order chi connectivity index (χ0) is 15.0. The van der Waals surface area contributed by atoms with Crippen LogP contribution in [0.3, 0.4) is 0 Å². The van der Waals surface area contributed by atoms with E-state index in [0.717, 1.165) is 16.8 Å². The van der Waals surface area contributed by atoms with Gasteiger partial charge in [0, 0.05) is 30.9 Å². The van der Waals surface area contributed by atoms with Gasteiger partial charge in [-0.3, -0.25) is 9.59 Å². The van der Waals surface area contributed by atoms with E-state index in [2.05, 4.69) is 0 Å². The van der Waals surface area contributed by atoms with E-state index in [0.29, 0.717) is 11.1 Å². The molecular weight excluding hydrogens is 262 g/mol. The predicted octanol–water partition coefficient (Wildman–Crippen LogP) is 3.06. The van der Waals surface area contributed by atoms with Crippen molar-refractivity contribution in [3.63, 3.8) is 0 Å². The van der Waals surface area contributed by atoms with Crippen LogP contribution in [0.25, 0.3) is 11.6 Å². The van der Waals surface area contributed by atoms with Crippen LogP contribution in [-0.4, -0.2) is 25.7 Å². The molecule has 3 rings (SSSR count). The van der Waals surface area contributed by atoms with Crippen LogP contribution in [0.15, 0.2) is 48.5 Å². The van der Waals surface area contributed by atoms with E-state index in [9.17, 15) is 9.59 Å². The predicted molar refractivity (Wildman–Crippen MR) is 84.4 cm³/mol. The van der Waals surface area contributed by atoms with Crippen LogP contribution < -0.4 is 4.90 Å². The summed E-state index contributed by atoms with van der Waals surface area (Å²) >= 11 is 0. The molecule has 0 atom stereocenters. The lowest BCUT2D eigenvalue weighted by molar-refractivity contribution is -0.110. The molecule has 2 aromatic rings. The monoisotopic (exact) mass is 277 g/mol. The van der Waals surface area contributed by atoms with Gasteiger partial charge in [-0.05, 0) is 29.3 Å². The van der Waals surface area contributed by atoms with Gasteiger partial charge in [0.25, 0.3) is 0 Å². The van der Waals surface area contributed by atoms with Gasteiger partial charge < -0.3 is 4.90 Å². The summed E-state index contributed by atoms with van der Waals surface area (Å²) in [4.78, 5) is 26.4. The number of rotatable bonds is 2. The van der Waals surface area contributed by atoms with Crippen LogP contribution in [0.2, 0.25) is 0 Å². The molecule has 0 amide bonds. The maximum atomic E-state index is 12.3. The topological polar surface area (TPSA) is 37.4 Å². The number of hydrogen-bond acceptors (Lipinski definition) is 3. The van der Waals surface area contributed by atoms with Crippen LogP contribution in [0.4, 0.5) is 5.69 Å². The largest absolute Gasteiger partial charge is 0.378 e. The summed E-state index contributed by atoms with van der Waals surface area (Å²) in [5, 5.41) is 0. The number of carbonyl (C=O) groups excluding carboxylic acids is 2. The first kappa shape index (κ1) is 13.3. The Morgan fingerprint density at radius 3 is 2.14 bits per heavy atom. The molecule has 3 nitrogen and oxygen atoms in total. The summed E-state index contributed by atoms with van der Waals surface area (Å²) in [7, 11) is 3.92. The smallest absolute Gasteiger partial charge is 0.234 e. The minimum absolute atomic E-state index is 0.431. The first-order valence-corrected chi connectivity index (χ1v) is 6.75. The van der Waals surface area contributed by atoms with Crippen molar-refractivity contribution in [1.82, 2.24) is 0 Å². The van der Waals surface area contributed by atoms with Gasteiger partial charge in [0.1, 0.15) is 0 Å². The zero-order valence-electron chi connectivity index (χ0n) is 12.0. The number of carbonyl (C=O) groups is 2. The highest BCUT2D eigenvalue weighted by Gasteiger charge is 2.27. The van der Waals surface area contributed by atoms with Crippen LogP contribution in [-0.2, 0) is 4.79 Å². The summed E-state index contributed by atoms with van der Waals surface area (Å²) in [5.74, 6) is -0.869. The zero-order valence-corrected chi connectivity index (χ0v) is 12.0. The highest BCUT2D eigenvalue weighted by molar-refractivity contribution is 6.61. The number of hydrogen-bond donors (Lipinski definition) is 0. The number of fused-ring (bicyclic) bond motifs is 1. The number of nitrogens with zero attached hydrogens (tertiary/aromatic N) is 1. The van der Waals surface area contributed by atoms with Gasteiger partial charge in [0.05, 0.1) is 0 Å². The SMILES string of the molecule is CN(C)c1ccc(C2=Cc3ccccc3C(=O)C2=O)cc1. The van der Waals surface area contributed by atoms with Crippen molar-refractivity contribution in [3.8, 4) is 0 Å². The molecule has 0 fully saturated rings. The molecule has 1 aliphatic carbocycles. The van der Waals surface area contributed by atoms with Gasteiger partial charge in [0.2, 0.25) is 11.6 Å². The lowest BCUT2D eigenvalue weighted by Crippen LogP contribution is -2.20. The minimum atomic E-state index is -0.439. The fraction of sp³-hybridized carbons (Fsp3) is 0.111. The second-order valence-corrected chi connectivity index (χ2v) is 5.24. The Labute approximate surface area is 123 Å². The van der Waals surface area contributed by atoms with E-state index in [-0.39, 0.29) is 0 Å². The van der Waals surface area contributed by atoms with E-state index >= 15 is 0 Å². The maximum Gasteiger partial charge on any atom is 0.234 e. The van der Waals surface area contributed by atoms with Gasteiger partial charge in [0.15, 0.2) is 0 Å². The van der Waals surface area contributed by atoms with Crippen LogP contribution in [0.5, 0.6) is 0 Å². The molecular formula is C18H15NO2. The van der Waals surface area contributed by atoms with Crippen molar-refractivity contribution in [2.45, 2.75) is 0 Å². The third-order valence-electron chi connectivity index (χ3n) is 3.65. The molecule has 104 valence electrons. The molecule has 2 aromatic carbocycles. The molecule has 0 unspecified atom stereocenters. The van der Waals surface area contributed by atoms with Crippen molar-refractivity contribution in [2.24, 2.45) is 0 Å². The molecule has 21 heavy (non-hydrogen) atoms. The van der Waals surface area contributed by atoms with Crippen LogP contribution >= 0.6 is 0 Å². The average Bonchev–Trinajstić information content (AvgIpc) is 2.51. The normalized spacial score (nSPS) is 13.7. The number of benzene rings is 2. The number of allylic oxidation sites excluding steroid dienone is 1. The minimum Gasteiger partial charge on any atom is -0.378 e. The summed E-state index contributed by atoms with van der Waals surface area (Å²) in [5.41, 5.74) is 3.57. The number of ketones is 2. The summed E-state index contributed by atoms with van der Waals surface area (Å²) in [6.07, 6.45) is 1.80. The Kier molecular flexibility index (Phi) is 3.18. The third kappa shape index (κ3) is 2.27. The second kappa shape index (κ2) is 5.02. The summed E-state index contributed by atoms with van der Waals surface area (Å²) in [6.45, 7) is 0. The van der Waals surface area contributed by atoms with E-state index in [1.807, 2.05) is 55.4 Å². The molecule has 0 saturated carbocycles. The number of Topliss-reactive ketones (excluding diaryl/α,β-unsaturated/α-hetero) is 2. The van der Waals surface area contributed by atoms with Gasteiger partial charge >= 0.3 is 0 Å². The molecule has 0 aromatic heterocycles. The van der Waals surface area contributed by atoms with Crippen LogP contribution in [0, 0.1) is 0 Å². The van der Waals surface area contributed by atoms with E-state index < -0.39 is 11.6 Å². The lowest BCUT2D eigenvalue weighted by atomic mass is 9.87. The van der Waals surface area contributed by atoms with Crippen molar-refractivity contribution in [2.75, 3.05) is 19.0 Å². The van der Waals surface area contributed by atoms with Crippen molar-refractivity contribution < 1.29 is 9.59 Å². The quantitative estimate of drug-likeness (QED) is 0.792. The molecule has 1 aliphatic rings. The van der Waals surface area contributed by atoms with Gasteiger partial charge in [-0.2, -0.15) is 0 Å². The first-order chi connectivity index (χ1) is 10.1. The highest BCUT2D eigenvalue weighted by atomic mass is 16.2. The van der Waals surface area contributed by atoms with E-state index in [1.165, 1.54) is 0 Å². The average molecular weight is 277 g/mol. The Bertz CT molecular complexity index is 755. The highest BCUT2D eigenvalue weighted by Crippen LogP contribution is 2.28. The maximum absolute atomic E-state index is 12.3. The molecule has 0 saturated heterocycles. The summed E-state index contributed by atoms with van der Waals surface area (Å²) in [6, 6.07) is 14.8. The molecule has 0 heterocycles. The molecule has 0 N–H and O–H groups in total. The fourth-order valence-electron chi connectivity index (χ4n) is 2.45. The Morgan fingerprint density at radius 1 is 0.810 bits per heavy atom. The molecule has 0 spiro atoms. The third-order valence-corrected chi connectivity index (χ3v) is 3.65. The van der Waals surface area contributed by atoms with E-state index in [1.54, 1.807) is 18.2 Å². The Hall–Kier alpha value is -2.68. The first-order valence-electron chi connectivity index (χ1n) is 6.75. The van der Waals surface area contributed by atoms with Gasteiger partial charge in [-0.1, -0.05) is 36.4 Å². The Balaban J connectivity index is 2.08. The van der Waals surface area contributed by atoms with Gasteiger partial charge in [-0.25, -0.2) is 0 Å². The molecule has 3 heteroatoms. The molecule has 0 aliphatic heterocycles. The summed E-state index contributed by atoms with van der Waals surface area (Å²) < 4.78 is 0. The second-order valence-electron chi connectivity index (χ2n) is 5.24. The molecule has 0 bridgehead atoms. The number of anilines is 1. The standard InChI is InChI=1S/C18H15NO2/c1-19(2)14-9-7-12(8-10-14)16-11-13-5-3-4-6-15(13)17(20)18(16)21/h3-11H,1-2H3. The van der Waals surface area contributed by atoms with Crippen molar-refractivity contribution in [1.29, 1.82) is 0 Å². The Morgan fingerprint density at radius 2 is 1.48 bits per heavy atom. The fourth-order valence-corrected chi connectivity index (χ4v) is 2.45. The van der Waals surface area contributed by atoms with E-state index in [4.69, 9.17) is 0 Å².